The second kappa shape index (κ2) is 4.24. The summed E-state index contributed by atoms with van der Waals surface area (Å²) in [5.41, 5.74) is 7.77. The molecule has 1 fully saturated rings. The van der Waals surface area contributed by atoms with Gasteiger partial charge in [-0.3, -0.25) is 9.59 Å². The number of hydrogen-bond donors (Lipinski definition) is 3. The second-order valence-corrected chi connectivity index (χ2v) is 4.97. The number of aliphatic hydroxyl groups excluding tert-OH is 1. The lowest BCUT2D eigenvalue weighted by molar-refractivity contribution is -0.132. The van der Waals surface area contributed by atoms with E-state index in [1.54, 1.807) is 23.1 Å². The van der Waals surface area contributed by atoms with E-state index in [0.29, 0.717) is 30.6 Å². The van der Waals surface area contributed by atoms with Crippen LogP contribution in [0.5, 0.6) is 0 Å². The summed E-state index contributed by atoms with van der Waals surface area (Å²) < 4.78 is 0. The molecule has 0 aromatic heterocycles. The number of nitrogens with two attached hydrogens (primary N) is 1. The standard InChI is InChI=1S/C13H15N3O3/c14-8-1-2-9-7(5-8)6-16(13(9)19)10-3-4-11(17)15-12(10)18/h1-2,5,10-11,17H,3-4,6,14H2,(H,15,18). The van der Waals surface area contributed by atoms with Gasteiger partial charge in [-0.1, -0.05) is 0 Å². The molecular formula is C13H15N3O3. The summed E-state index contributed by atoms with van der Waals surface area (Å²) in [5, 5.41) is 11.8. The number of fused-ring (bicyclic) bond motifs is 1. The summed E-state index contributed by atoms with van der Waals surface area (Å²) in [6, 6.07) is 4.64. The molecule has 2 heterocycles. The van der Waals surface area contributed by atoms with Gasteiger partial charge in [-0.15, -0.1) is 0 Å². The largest absolute Gasteiger partial charge is 0.399 e. The third kappa shape index (κ3) is 1.94. The predicted molar refractivity (Wildman–Crippen MR) is 67.9 cm³/mol. The van der Waals surface area contributed by atoms with Crippen LogP contribution in [0, 0.1) is 0 Å². The van der Waals surface area contributed by atoms with Crippen LogP contribution in [-0.4, -0.2) is 34.1 Å². The number of benzene rings is 1. The van der Waals surface area contributed by atoms with E-state index < -0.39 is 12.3 Å². The molecule has 1 aromatic carbocycles. The highest BCUT2D eigenvalue weighted by atomic mass is 16.3. The van der Waals surface area contributed by atoms with Gasteiger partial charge in [0.1, 0.15) is 12.3 Å². The Labute approximate surface area is 110 Å². The van der Waals surface area contributed by atoms with Gasteiger partial charge in [0.05, 0.1) is 0 Å². The summed E-state index contributed by atoms with van der Waals surface area (Å²) >= 11 is 0. The van der Waals surface area contributed by atoms with Crippen molar-refractivity contribution in [3.63, 3.8) is 0 Å². The number of nitrogens with zero attached hydrogens (tertiary/aromatic N) is 1. The van der Waals surface area contributed by atoms with Crippen molar-refractivity contribution in [3.05, 3.63) is 29.3 Å². The lowest BCUT2D eigenvalue weighted by Gasteiger charge is -2.32. The molecule has 3 rings (SSSR count). The zero-order chi connectivity index (χ0) is 13.6. The van der Waals surface area contributed by atoms with Gasteiger partial charge >= 0.3 is 0 Å². The SMILES string of the molecule is Nc1ccc2c(c1)CN(C1CCC(O)NC1=O)C2=O. The summed E-state index contributed by atoms with van der Waals surface area (Å²) in [6.45, 7) is 0.396. The number of piperidine rings is 1. The molecule has 2 aliphatic heterocycles. The molecular weight excluding hydrogens is 246 g/mol. The van der Waals surface area contributed by atoms with Crippen LogP contribution in [0.25, 0.3) is 0 Å². The van der Waals surface area contributed by atoms with Gasteiger partial charge in [-0.25, -0.2) is 0 Å². The number of rotatable bonds is 1. The normalized spacial score (nSPS) is 26.3. The highest BCUT2D eigenvalue weighted by molar-refractivity contribution is 6.01. The van der Waals surface area contributed by atoms with Crippen LogP contribution >= 0.6 is 0 Å². The first-order valence-corrected chi connectivity index (χ1v) is 6.24. The van der Waals surface area contributed by atoms with E-state index in [9.17, 15) is 14.7 Å². The van der Waals surface area contributed by atoms with Crippen LogP contribution in [0.1, 0.15) is 28.8 Å². The van der Waals surface area contributed by atoms with E-state index in [-0.39, 0.29) is 11.8 Å². The van der Waals surface area contributed by atoms with Crippen molar-refractivity contribution in [2.45, 2.75) is 31.7 Å². The zero-order valence-corrected chi connectivity index (χ0v) is 10.3. The van der Waals surface area contributed by atoms with Crippen molar-refractivity contribution in [3.8, 4) is 0 Å². The van der Waals surface area contributed by atoms with Gasteiger partial charge in [0.15, 0.2) is 0 Å². The molecule has 2 aliphatic rings. The average Bonchev–Trinajstić information content (AvgIpc) is 2.66. The van der Waals surface area contributed by atoms with Crippen molar-refractivity contribution >= 4 is 17.5 Å². The molecule has 0 radical (unpaired) electrons. The molecule has 100 valence electrons. The third-order valence-corrected chi connectivity index (χ3v) is 3.66. The summed E-state index contributed by atoms with van der Waals surface area (Å²) in [4.78, 5) is 25.7. The summed E-state index contributed by atoms with van der Waals surface area (Å²) in [6.07, 6.45) is 0.125. The Kier molecular flexibility index (Phi) is 2.67. The fraction of sp³-hybridized carbons (Fsp3) is 0.385. The van der Waals surface area contributed by atoms with Gasteiger partial charge < -0.3 is 21.1 Å². The van der Waals surface area contributed by atoms with Crippen molar-refractivity contribution < 1.29 is 14.7 Å². The molecule has 1 saturated heterocycles. The molecule has 0 bridgehead atoms. The molecule has 6 heteroatoms. The van der Waals surface area contributed by atoms with Crippen LogP contribution in [0.3, 0.4) is 0 Å². The van der Waals surface area contributed by atoms with Crippen LogP contribution in [-0.2, 0) is 11.3 Å². The van der Waals surface area contributed by atoms with E-state index >= 15 is 0 Å². The highest BCUT2D eigenvalue weighted by Crippen LogP contribution is 2.28. The third-order valence-electron chi connectivity index (χ3n) is 3.66. The minimum absolute atomic E-state index is 0.147. The number of aliphatic hydroxyl groups is 1. The lowest BCUT2D eigenvalue weighted by atomic mass is 10.0. The Morgan fingerprint density at radius 2 is 2.11 bits per heavy atom. The molecule has 2 amide bonds. The smallest absolute Gasteiger partial charge is 0.255 e. The maximum Gasteiger partial charge on any atom is 0.255 e. The van der Waals surface area contributed by atoms with Gasteiger partial charge in [0, 0.05) is 17.8 Å². The van der Waals surface area contributed by atoms with Crippen molar-refractivity contribution in [1.29, 1.82) is 0 Å². The van der Waals surface area contributed by atoms with Crippen molar-refractivity contribution in [1.82, 2.24) is 10.2 Å². The van der Waals surface area contributed by atoms with Crippen LogP contribution in [0.15, 0.2) is 18.2 Å². The molecule has 2 unspecified atom stereocenters. The number of hydrogen-bond acceptors (Lipinski definition) is 4. The lowest BCUT2D eigenvalue weighted by Crippen LogP contribution is -2.54. The van der Waals surface area contributed by atoms with E-state index in [2.05, 4.69) is 5.32 Å². The molecule has 2 atom stereocenters. The topological polar surface area (TPSA) is 95.7 Å². The fourth-order valence-electron chi connectivity index (χ4n) is 2.69. The summed E-state index contributed by atoms with van der Waals surface area (Å²) in [5.74, 6) is -0.445. The molecule has 6 nitrogen and oxygen atoms in total. The fourth-order valence-corrected chi connectivity index (χ4v) is 2.69. The Bertz CT molecular complexity index is 558. The minimum Gasteiger partial charge on any atom is -0.399 e. The van der Waals surface area contributed by atoms with Crippen molar-refractivity contribution in [2.75, 3.05) is 5.73 Å². The first-order chi connectivity index (χ1) is 9.06. The van der Waals surface area contributed by atoms with E-state index in [1.165, 1.54) is 0 Å². The first-order valence-electron chi connectivity index (χ1n) is 6.24. The second-order valence-electron chi connectivity index (χ2n) is 4.97. The monoisotopic (exact) mass is 261 g/mol. The zero-order valence-electron chi connectivity index (χ0n) is 10.3. The number of carbonyl (C=O) groups excluding carboxylic acids is 2. The molecule has 0 aliphatic carbocycles. The molecule has 1 aromatic rings. The maximum absolute atomic E-state index is 12.3. The minimum atomic E-state index is -0.806. The first kappa shape index (κ1) is 12.0. The summed E-state index contributed by atoms with van der Waals surface area (Å²) in [7, 11) is 0. The highest BCUT2D eigenvalue weighted by Gasteiger charge is 2.38. The molecule has 4 N–H and O–H groups in total. The number of amides is 2. The van der Waals surface area contributed by atoms with Crippen LogP contribution in [0.2, 0.25) is 0 Å². The number of anilines is 1. The number of carbonyl (C=O) groups is 2. The van der Waals surface area contributed by atoms with Gasteiger partial charge in [-0.2, -0.15) is 0 Å². The predicted octanol–water partition coefficient (Wildman–Crippen LogP) is -0.178. The Morgan fingerprint density at radius 1 is 1.32 bits per heavy atom. The maximum atomic E-state index is 12.3. The van der Waals surface area contributed by atoms with Gasteiger partial charge in [0.2, 0.25) is 5.91 Å². The Morgan fingerprint density at radius 3 is 2.84 bits per heavy atom. The molecule has 0 spiro atoms. The average molecular weight is 261 g/mol. The van der Waals surface area contributed by atoms with E-state index in [1.807, 2.05) is 0 Å². The number of nitrogens with one attached hydrogen (secondary N) is 1. The van der Waals surface area contributed by atoms with Crippen LogP contribution < -0.4 is 11.1 Å². The van der Waals surface area contributed by atoms with E-state index in [4.69, 9.17) is 5.73 Å². The van der Waals surface area contributed by atoms with E-state index in [0.717, 1.165) is 5.56 Å². The Balaban J connectivity index is 1.85. The Hall–Kier alpha value is -2.08. The quantitative estimate of drug-likeness (QED) is 0.611. The van der Waals surface area contributed by atoms with Crippen molar-refractivity contribution in [2.24, 2.45) is 0 Å². The van der Waals surface area contributed by atoms with Crippen LogP contribution in [0.4, 0.5) is 5.69 Å². The van der Waals surface area contributed by atoms with Gasteiger partial charge in [0.25, 0.3) is 5.91 Å². The molecule has 0 saturated carbocycles. The van der Waals surface area contributed by atoms with Gasteiger partial charge in [-0.05, 0) is 36.6 Å². The molecule has 19 heavy (non-hydrogen) atoms. The number of nitrogen functional groups attached to an aromatic ring is 1.